The molecular weight excluding hydrogens is 320 g/mol. The molecule has 0 unspecified atom stereocenters. The monoisotopic (exact) mass is 332 g/mol. The Kier molecular flexibility index (Phi) is 3.72. The molecule has 0 bridgehead atoms. The summed E-state index contributed by atoms with van der Waals surface area (Å²) in [5.74, 6) is -0.192. The smallest absolute Gasteiger partial charge is 0.257 e. The average molecular weight is 332 g/mol. The Morgan fingerprint density at radius 1 is 0.917 bits per heavy atom. The molecule has 0 radical (unpaired) electrons. The Morgan fingerprint density at radius 2 is 1.75 bits per heavy atom. The maximum atomic E-state index is 12.2. The first kappa shape index (κ1) is 14.5. The van der Waals surface area contributed by atoms with Crippen molar-refractivity contribution < 1.29 is 4.79 Å². The molecule has 3 aromatic heterocycles. The Bertz CT molecular complexity index is 1010. The van der Waals surface area contributed by atoms with Crippen LogP contribution in [0.2, 0.25) is 0 Å². The Balaban J connectivity index is 1.58. The molecule has 4 aromatic rings. The minimum absolute atomic E-state index is 0.192. The largest absolute Gasteiger partial charge is 0.298 e. The first-order chi connectivity index (χ1) is 11.8. The highest BCUT2D eigenvalue weighted by Crippen LogP contribution is 2.31. The molecule has 116 valence electrons. The number of nitrogens with zero attached hydrogens (tertiary/aromatic N) is 3. The van der Waals surface area contributed by atoms with E-state index in [2.05, 4.69) is 26.3 Å². The van der Waals surface area contributed by atoms with Gasteiger partial charge in [0.05, 0.1) is 4.88 Å². The molecule has 0 spiro atoms. The quantitative estimate of drug-likeness (QED) is 0.615. The maximum absolute atomic E-state index is 12.2. The van der Waals surface area contributed by atoms with Gasteiger partial charge in [0.2, 0.25) is 0 Å². The normalized spacial score (nSPS) is 10.7. The van der Waals surface area contributed by atoms with Gasteiger partial charge in [-0.15, -0.1) is 0 Å². The van der Waals surface area contributed by atoms with E-state index in [1.165, 1.54) is 11.3 Å². The number of pyridine rings is 2. The van der Waals surface area contributed by atoms with Crippen molar-refractivity contribution in [3.63, 3.8) is 0 Å². The number of carbonyl (C=O) groups is 1. The Labute approximate surface area is 142 Å². The lowest BCUT2D eigenvalue weighted by Crippen LogP contribution is -2.11. The topological polar surface area (TPSA) is 67.8 Å². The van der Waals surface area contributed by atoms with Gasteiger partial charge >= 0.3 is 0 Å². The molecule has 1 amide bonds. The van der Waals surface area contributed by atoms with Crippen molar-refractivity contribution in [3.05, 3.63) is 72.9 Å². The summed E-state index contributed by atoms with van der Waals surface area (Å²) in [6.45, 7) is 0. The third kappa shape index (κ3) is 2.87. The van der Waals surface area contributed by atoms with E-state index in [4.69, 9.17) is 0 Å². The molecular formula is C18H12N4OS. The number of hydrogen-bond acceptors (Lipinski definition) is 5. The molecule has 4 rings (SSSR count). The second kappa shape index (κ2) is 6.17. The van der Waals surface area contributed by atoms with Crippen LogP contribution in [0.5, 0.6) is 0 Å². The summed E-state index contributed by atoms with van der Waals surface area (Å²) in [7, 11) is 0. The molecule has 5 nitrogen and oxygen atoms in total. The minimum atomic E-state index is -0.192. The van der Waals surface area contributed by atoms with Gasteiger partial charge in [-0.2, -0.15) is 0 Å². The molecule has 0 aliphatic rings. The number of amides is 1. The third-order valence-electron chi connectivity index (χ3n) is 3.59. The van der Waals surface area contributed by atoms with Crippen molar-refractivity contribution in [3.8, 4) is 10.4 Å². The molecule has 0 saturated carbocycles. The van der Waals surface area contributed by atoms with Gasteiger partial charge in [0.15, 0.2) is 5.13 Å². The van der Waals surface area contributed by atoms with Crippen LogP contribution in [0.1, 0.15) is 10.4 Å². The first-order valence-corrected chi connectivity index (χ1v) is 8.12. The van der Waals surface area contributed by atoms with Crippen molar-refractivity contribution in [2.24, 2.45) is 0 Å². The lowest BCUT2D eigenvalue weighted by molar-refractivity contribution is 0.102. The molecule has 6 heteroatoms. The fraction of sp³-hybridized carbons (Fsp3) is 0. The van der Waals surface area contributed by atoms with E-state index in [1.807, 2.05) is 24.4 Å². The summed E-state index contributed by atoms with van der Waals surface area (Å²) >= 11 is 1.44. The molecule has 1 aromatic carbocycles. The van der Waals surface area contributed by atoms with E-state index in [1.54, 1.807) is 36.9 Å². The van der Waals surface area contributed by atoms with E-state index in [-0.39, 0.29) is 5.91 Å². The Morgan fingerprint density at radius 3 is 2.62 bits per heavy atom. The van der Waals surface area contributed by atoms with Crippen LogP contribution >= 0.6 is 11.3 Å². The van der Waals surface area contributed by atoms with Gasteiger partial charge in [-0.3, -0.25) is 20.1 Å². The lowest BCUT2D eigenvalue weighted by Gasteiger charge is -2.01. The summed E-state index contributed by atoms with van der Waals surface area (Å²) in [5, 5.41) is 5.61. The average Bonchev–Trinajstić information content (AvgIpc) is 3.10. The Hall–Kier alpha value is -3.12. The van der Waals surface area contributed by atoms with Crippen LogP contribution in [0.15, 0.2) is 67.4 Å². The van der Waals surface area contributed by atoms with Crippen molar-refractivity contribution >= 4 is 33.1 Å². The highest BCUT2D eigenvalue weighted by molar-refractivity contribution is 7.19. The maximum Gasteiger partial charge on any atom is 0.257 e. The van der Waals surface area contributed by atoms with Gasteiger partial charge < -0.3 is 0 Å². The van der Waals surface area contributed by atoms with Crippen molar-refractivity contribution in [1.29, 1.82) is 0 Å². The number of rotatable bonds is 3. The highest BCUT2D eigenvalue weighted by Gasteiger charge is 2.10. The predicted octanol–water partition coefficient (Wildman–Crippen LogP) is 4.01. The van der Waals surface area contributed by atoms with Gasteiger partial charge in [0, 0.05) is 41.9 Å². The number of anilines is 1. The summed E-state index contributed by atoms with van der Waals surface area (Å²) in [4.78, 5) is 25.5. The van der Waals surface area contributed by atoms with Gasteiger partial charge in [-0.1, -0.05) is 23.5 Å². The zero-order chi connectivity index (χ0) is 16.4. The second-order valence-corrected chi connectivity index (χ2v) is 6.19. The number of thiazole rings is 1. The van der Waals surface area contributed by atoms with E-state index in [0.29, 0.717) is 10.7 Å². The molecule has 0 aliphatic carbocycles. The number of fused-ring (bicyclic) bond motifs is 1. The van der Waals surface area contributed by atoms with E-state index >= 15 is 0 Å². The van der Waals surface area contributed by atoms with Crippen LogP contribution in [0.25, 0.3) is 21.2 Å². The fourth-order valence-electron chi connectivity index (χ4n) is 2.37. The number of hydrogen-bond donors (Lipinski definition) is 1. The van der Waals surface area contributed by atoms with Crippen LogP contribution in [-0.2, 0) is 0 Å². The van der Waals surface area contributed by atoms with Gasteiger partial charge in [-0.05, 0) is 35.2 Å². The fourth-order valence-corrected chi connectivity index (χ4v) is 3.18. The summed E-state index contributed by atoms with van der Waals surface area (Å²) in [5.41, 5.74) is 1.62. The van der Waals surface area contributed by atoms with Gasteiger partial charge in [0.1, 0.15) is 0 Å². The SMILES string of the molecule is O=C(Nc1ncc(-c2ccc3cnccc3c2)s1)c1ccncc1. The standard InChI is InChI=1S/C18H12N4OS/c23-17(12-3-6-19-7-4-12)22-18-21-11-16(24-18)14-1-2-15-10-20-8-5-13(15)9-14/h1-11H,(H,21,22,23). The first-order valence-electron chi connectivity index (χ1n) is 7.31. The van der Waals surface area contributed by atoms with Crippen LogP contribution in [0.4, 0.5) is 5.13 Å². The highest BCUT2D eigenvalue weighted by atomic mass is 32.1. The molecule has 24 heavy (non-hydrogen) atoms. The van der Waals surface area contributed by atoms with Crippen LogP contribution in [0, 0.1) is 0 Å². The van der Waals surface area contributed by atoms with Crippen LogP contribution in [-0.4, -0.2) is 20.9 Å². The molecule has 1 N–H and O–H groups in total. The van der Waals surface area contributed by atoms with Crippen LogP contribution < -0.4 is 5.32 Å². The minimum Gasteiger partial charge on any atom is -0.298 e. The van der Waals surface area contributed by atoms with Crippen molar-refractivity contribution in [2.45, 2.75) is 0 Å². The number of aromatic nitrogens is 3. The van der Waals surface area contributed by atoms with Gasteiger partial charge in [-0.25, -0.2) is 4.98 Å². The molecule has 0 saturated heterocycles. The molecule has 0 fully saturated rings. The van der Waals surface area contributed by atoms with E-state index < -0.39 is 0 Å². The summed E-state index contributed by atoms with van der Waals surface area (Å²) in [6, 6.07) is 11.5. The summed E-state index contributed by atoms with van der Waals surface area (Å²) < 4.78 is 0. The van der Waals surface area contributed by atoms with E-state index in [0.717, 1.165) is 21.2 Å². The zero-order valence-electron chi connectivity index (χ0n) is 12.5. The van der Waals surface area contributed by atoms with Gasteiger partial charge in [0.25, 0.3) is 5.91 Å². The number of benzene rings is 1. The molecule has 0 aliphatic heterocycles. The van der Waals surface area contributed by atoms with Crippen molar-refractivity contribution in [1.82, 2.24) is 15.0 Å². The number of nitrogens with one attached hydrogen (secondary N) is 1. The second-order valence-electron chi connectivity index (χ2n) is 5.16. The predicted molar refractivity (Wildman–Crippen MR) is 95.0 cm³/mol. The van der Waals surface area contributed by atoms with Crippen molar-refractivity contribution in [2.75, 3.05) is 5.32 Å². The van der Waals surface area contributed by atoms with E-state index in [9.17, 15) is 4.79 Å². The van der Waals surface area contributed by atoms with Crippen LogP contribution in [0.3, 0.4) is 0 Å². The molecule has 3 heterocycles. The zero-order valence-corrected chi connectivity index (χ0v) is 13.3. The summed E-state index contributed by atoms with van der Waals surface area (Å²) in [6.07, 6.45) is 8.57. The number of carbonyl (C=O) groups excluding carboxylic acids is 1. The lowest BCUT2D eigenvalue weighted by atomic mass is 10.1. The third-order valence-corrected chi connectivity index (χ3v) is 4.56. The molecule has 0 atom stereocenters.